The number of fused-ring (bicyclic) bond motifs is 2. The molecule has 2 fully saturated rings. The minimum Gasteiger partial charge on any atom is -0.319 e. The van der Waals surface area contributed by atoms with Crippen molar-refractivity contribution in [3.8, 4) is 0 Å². The fourth-order valence-electron chi connectivity index (χ4n) is 3.67. The van der Waals surface area contributed by atoms with E-state index < -0.39 is 10.0 Å². The highest BCUT2D eigenvalue weighted by atomic mass is 32.2. The Morgan fingerprint density at radius 1 is 1.25 bits per heavy atom. The highest BCUT2D eigenvalue weighted by Gasteiger charge is 2.48. The first kappa shape index (κ1) is 14.0. The average molecular weight is 294 g/mol. The van der Waals surface area contributed by atoms with Gasteiger partial charge in [0.15, 0.2) is 0 Å². The van der Waals surface area contributed by atoms with Gasteiger partial charge < -0.3 is 5.32 Å². The van der Waals surface area contributed by atoms with E-state index in [9.17, 15) is 8.42 Å². The summed E-state index contributed by atoms with van der Waals surface area (Å²) in [4.78, 5) is 0.431. The van der Waals surface area contributed by atoms with Gasteiger partial charge >= 0.3 is 0 Å². The number of hydrogen-bond acceptors (Lipinski definition) is 3. The second-order valence-electron chi connectivity index (χ2n) is 6.09. The molecule has 0 spiro atoms. The second-order valence-corrected chi connectivity index (χ2v) is 7.98. The lowest BCUT2D eigenvalue weighted by atomic mass is 9.95. The maximum absolute atomic E-state index is 12.7. The van der Waals surface area contributed by atoms with Crippen LogP contribution in [0, 0.1) is 18.8 Å². The van der Waals surface area contributed by atoms with Gasteiger partial charge in [-0.25, -0.2) is 8.42 Å². The summed E-state index contributed by atoms with van der Waals surface area (Å²) in [6.07, 6.45) is 2.02. The summed E-state index contributed by atoms with van der Waals surface area (Å²) in [5, 5.41) is 3.22. The fraction of sp³-hybridized carbons (Fsp3) is 0.600. The van der Waals surface area contributed by atoms with Crippen molar-refractivity contribution in [1.82, 2.24) is 9.62 Å². The van der Waals surface area contributed by atoms with Gasteiger partial charge in [0.25, 0.3) is 0 Å². The van der Waals surface area contributed by atoms with Crippen LogP contribution in [0.3, 0.4) is 0 Å². The zero-order valence-corrected chi connectivity index (χ0v) is 12.9. The number of nitrogens with one attached hydrogen (secondary N) is 1. The van der Waals surface area contributed by atoms with Crippen LogP contribution in [0.1, 0.15) is 18.4 Å². The third-order valence-corrected chi connectivity index (χ3v) is 6.66. The summed E-state index contributed by atoms with van der Waals surface area (Å²) < 4.78 is 27.2. The Hall–Kier alpha value is -0.910. The molecule has 3 rings (SSSR count). The molecular weight excluding hydrogens is 272 g/mol. The summed E-state index contributed by atoms with van der Waals surface area (Å²) >= 11 is 0. The molecule has 3 atom stereocenters. The lowest BCUT2D eigenvalue weighted by Crippen LogP contribution is -2.41. The molecule has 1 aliphatic heterocycles. The minimum atomic E-state index is -3.31. The van der Waals surface area contributed by atoms with Crippen LogP contribution in [0.15, 0.2) is 29.2 Å². The van der Waals surface area contributed by atoms with Crippen LogP contribution in [0.4, 0.5) is 0 Å². The van der Waals surface area contributed by atoms with Gasteiger partial charge in [0.2, 0.25) is 10.0 Å². The highest BCUT2D eigenvalue weighted by molar-refractivity contribution is 7.89. The molecule has 4 nitrogen and oxygen atoms in total. The molecule has 2 aliphatic rings. The zero-order valence-electron chi connectivity index (χ0n) is 12.0. The van der Waals surface area contributed by atoms with Crippen molar-refractivity contribution in [3.05, 3.63) is 29.8 Å². The molecule has 5 heteroatoms. The topological polar surface area (TPSA) is 49.4 Å². The number of piperidine rings is 1. The van der Waals surface area contributed by atoms with Crippen LogP contribution in [0.2, 0.25) is 0 Å². The fourth-order valence-corrected chi connectivity index (χ4v) is 5.37. The van der Waals surface area contributed by atoms with Crippen molar-refractivity contribution in [2.75, 3.05) is 20.1 Å². The van der Waals surface area contributed by atoms with Gasteiger partial charge in [-0.1, -0.05) is 17.7 Å². The second kappa shape index (κ2) is 5.13. The molecular formula is C15H22N2O2S. The lowest BCUT2D eigenvalue weighted by molar-refractivity contribution is 0.260. The molecule has 20 heavy (non-hydrogen) atoms. The molecule has 110 valence electrons. The first-order valence-electron chi connectivity index (χ1n) is 7.25. The van der Waals surface area contributed by atoms with Crippen LogP contribution in [-0.4, -0.2) is 38.9 Å². The molecule has 1 aromatic rings. The van der Waals surface area contributed by atoms with Crippen molar-refractivity contribution in [1.29, 1.82) is 0 Å². The molecule has 0 amide bonds. The standard InChI is InChI=1S/C15H22N2O2S/c1-11-3-5-15(6-4-11)20(18,19)17-10-13-8-14(17)7-12(13)9-16-2/h3-6,12-14,16H,7-10H2,1-2H3. The van der Waals surface area contributed by atoms with E-state index in [1.54, 1.807) is 16.4 Å². The summed E-state index contributed by atoms with van der Waals surface area (Å²) in [7, 11) is -1.35. The Bertz CT molecular complexity index is 582. The normalized spacial score (nSPS) is 30.0. The molecule has 1 saturated heterocycles. The van der Waals surface area contributed by atoms with E-state index in [-0.39, 0.29) is 6.04 Å². The molecule has 3 unspecified atom stereocenters. The van der Waals surface area contributed by atoms with Crippen molar-refractivity contribution < 1.29 is 8.42 Å². The van der Waals surface area contributed by atoms with Crippen LogP contribution < -0.4 is 5.32 Å². The summed E-state index contributed by atoms with van der Waals surface area (Å²) in [5.41, 5.74) is 1.08. The van der Waals surface area contributed by atoms with Gasteiger partial charge in [0.05, 0.1) is 4.90 Å². The van der Waals surface area contributed by atoms with Crippen LogP contribution >= 0.6 is 0 Å². The van der Waals surface area contributed by atoms with Gasteiger partial charge in [-0.05, 0) is 57.3 Å². The van der Waals surface area contributed by atoms with Crippen molar-refractivity contribution >= 4 is 10.0 Å². The Morgan fingerprint density at radius 3 is 2.50 bits per heavy atom. The van der Waals surface area contributed by atoms with E-state index >= 15 is 0 Å². The van der Waals surface area contributed by atoms with Crippen molar-refractivity contribution in [3.63, 3.8) is 0 Å². The Kier molecular flexibility index (Phi) is 3.60. The molecule has 1 aliphatic carbocycles. The largest absolute Gasteiger partial charge is 0.319 e. The molecule has 1 heterocycles. The SMILES string of the molecule is CNCC1CC2CC1CN2S(=O)(=O)c1ccc(C)cc1. The van der Waals surface area contributed by atoms with E-state index in [1.165, 1.54) is 0 Å². The number of benzene rings is 1. The molecule has 1 saturated carbocycles. The van der Waals surface area contributed by atoms with Crippen LogP contribution in [0.5, 0.6) is 0 Å². The molecule has 1 N–H and O–H groups in total. The first-order valence-corrected chi connectivity index (χ1v) is 8.69. The number of aryl methyl sites for hydroxylation is 1. The predicted octanol–water partition coefficient (Wildman–Crippen LogP) is 1.61. The third kappa shape index (κ3) is 2.28. The Labute approximate surface area is 121 Å². The Morgan fingerprint density at radius 2 is 1.95 bits per heavy atom. The highest BCUT2D eigenvalue weighted by Crippen LogP contribution is 2.44. The number of hydrogen-bond donors (Lipinski definition) is 1. The molecule has 1 aromatic carbocycles. The van der Waals surface area contributed by atoms with Gasteiger partial charge in [0.1, 0.15) is 0 Å². The van der Waals surface area contributed by atoms with Gasteiger partial charge in [-0.15, -0.1) is 0 Å². The van der Waals surface area contributed by atoms with E-state index in [0.29, 0.717) is 23.3 Å². The minimum absolute atomic E-state index is 0.199. The number of nitrogens with zero attached hydrogens (tertiary/aromatic N) is 1. The quantitative estimate of drug-likeness (QED) is 0.918. The van der Waals surface area contributed by atoms with Crippen LogP contribution in [-0.2, 0) is 10.0 Å². The van der Waals surface area contributed by atoms with E-state index in [1.807, 2.05) is 26.1 Å². The van der Waals surface area contributed by atoms with Gasteiger partial charge in [-0.2, -0.15) is 4.31 Å². The van der Waals surface area contributed by atoms with Crippen LogP contribution in [0.25, 0.3) is 0 Å². The smallest absolute Gasteiger partial charge is 0.243 e. The maximum Gasteiger partial charge on any atom is 0.243 e. The van der Waals surface area contributed by atoms with E-state index in [4.69, 9.17) is 0 Å². The van der Waals surface area contributed by atoms with E-state index in [0.717, 1.165) is 24.9 Å². The number of rotatable bonds is 4. The lowest BCUT2D eigenvalue weighted by Gasteiger charge is -2.30. The Balaban J connectivity index is 1.80. The zero-order chi connectivity index (χ0) is 14.3. The van der Waals surface area contributed by atoms with Gasteiger partial charge in [0, 0.05) is 12.6 Å². The summed E-state index contributed by atoms with van der Waals surface area (Å²) in [6, 6.07) is 7.38. The monoisotopic (exact) mass is 294 g/mol. The number of sulfonamides is 1. The third-order valence-electron chi connectivity index (χ3n) is 4.73. The first-order chi connectivity index (χ1) is 9.52. The summed E-state index contributed by atoms with van der Waals surface area (Å²) in [6.45, 7) is 3.66. The molecule has 0 radical (unpaired) electrons. The molecule has 0 aromatic heterocycles. The average Bonchev–Trinajstić information content (AvgIpc) is 2.99. The van der Waals surface area contributed by atoms with E-state index in [2.05, 4.69) is 5.32 Å². The van der Waals surface area contributed by atoms with Crippen molar-refractivity contribution in [2.24, 2.45) is 11.8 Å². The van der Waals surface area contributed by atoms with Crippen molar-refractivity contribution in [2.45, 2.75) is 30.7 Å². The molecule has 2 bridgehead atoms. The van der Waals surface area contributed by atoms with Gasteiger partial charge in [-0.3, -0.25) is 0 Å². The predicted molar refractivity (Wildman–Crippen MR) is 79.0 cm³/mol. The summed E-state index contributed by atoms with van der Waals surface area (Å²) in [5.74, 6) is 1.15. The maximum atomic E-state index is 12.7.